The van der Waals surface area contributed by atoms with Crippen LogP contribution in [-0.4, -0.2) is 39.0 Å². The summed E-state index contributed by atoms with van der Waals surface area (Å²) in [4.78, 5) is 35.9. The van der Waals surface area contributed by atoms with E-state index in [1.807, 2.05) is 0 Å². The van der Waals surface area contributed by atoms with Gasteiger partial charge < -0.3 is 19.6 Å². The number of rotatable bonds is 7. The number of carboxylic acids is 1. The largest absolute Gasteiger partial charge is 0.481 e. The van der Waals surface area contributed by atoms with Crippen LogP contribution >= 0.6 is 0 Å². The maximum Gasteiger partial charge on any atom is 0.335 e. The second-order valence-electron chi connectivity index (χ2n) is 6.75. The fourth-order valence-electron chi connectivity index (χ4n) is 2.99. The van der Waals surface area contributed by atoms with Crippen LogP contribution in [0.1, 0.15) is 37.7 Å². The van der Waals surface area contributed by atoms with Crippen LogP contribution in [0.15, 0.2) is 59.3 Å². The van der Waals surface area contributed by atoms with Crippen molar-refractivity contribution in [3.63, 3.8) is 0 Å². The van der Waals surface area contributed by atoms with Crippen molar-refractivity contribution in [3.05, 3.63) is 83.0 Å². The number of fused-ring (bicyclic) bond motifs is 1. The molecule has 1 aromatic carbocycles. The molecule has 0 spiro atoms. The molecular weight excluding hydrogens is 400 g/mol. The van der Waals surface area contributed by atoms with E-state index in [4.69, 9.17) is 14.3 Å². The van der Waals surface area contributed by atoms with E-state index >= 15 is 0 Å². The second kappa shape index (κ2) is 8.62. The molecule has 0 aliphatic rings. The maximum atomic E-state index is 12.4. The van der Waals surface area contributed by atoms with Crippen LogP contribution in [-0.2, 0) is 13.0 Å². The summed E-state index contributed by atoms with van der Waals surface area (Å²) in [6, 6.07) is 11.9. The summed E-state index contributed by atoms with van der Waals surface area (Å²) < 4.78 is 10.5. The van der Waals surface area contributed by atoms with Crippen LogP contribution in [0.5, 0.6) is 5.88 Å². The maximum absolute atomic E-state index is 12.4. The number of carbonyl (C=O) groups is 2. The SMILES string of the molecule is COc1cc(CNC(=O)c2nc3cc(Cc4ccc(C(=O)O)cc4)cnc3o2)ccn1. The van der Waals surface area contributed by atoms with Crippen molar-refractivity contribution < 1.29 is 23.8 Å². The molecule has 9 nitrogen and oxygen atoms in total. The number of oxazole rings is 1. The molecule has 0 unspecified atom stereocenters. The predicted octanol–water partition coefficient (Wildman–Crippen LogP) is 2.85. The van der Waals surface area contributed by atoms with E-state index in [-0.39, 0.29) is 23.7 Å². The van der Waals surface area contributed by atoms with Gasteiger partial charge in [0, 0.05) is 25.0 Å². The summed E-state index contributed by atoms with van der Waals surface area (Å²) in [5.74, 6) is -1.04. The average Bonchev–Trinajstić information content (AvgIpc) is 3.21. The minimum Gasteiger partial charge on any atom is -0.481 e. The first-order chi connectivity index (χ1) is 15.0. The van der Waals surface area contributed by atoms with Gasteiger partial charge in [-0.1, -0.05) is 12.1 Å². The zero-order valence-corrected chi connectivity index (χ0v) is 16.5. The van der Waals surface area contributed by atoms with Crippen molar-refractivity contribution in [2.24, 2.45) is 0 Å². The lowest BCUT2D eigenvalue weighted by Gasteiger charge is -2.04. The Hall–Kier alpha value is -4.27. The standard InChI is InChI=1S/C22H18N4O5/c1-30-18-10-14(6-7-23-18)11-24-19(27)21-26-17-9-15(12-25-20(17)31-21)8-13-2-4-16(5-3-13)22(28)29/h2-7,9-10,12H,8,11H2,1H3,(H,24,27)(H,28,29). The zero-order valence-electron chi connectivity index (χ0n) is 16.5. The van der Waals surface area contributed by atoms with Crippen LogP contribution in [0, 0.1) is 0 Å². The Morgan fingerprint density at radius 1 is 1.06 bits per heavy atom. The molecule has 0 aliphatic heterocycles. The molecule has 0 radical (unpaired) electrons. The lowest BCUT2D eigenvalue weighted by molar-refractivity contribution is 0.0696. The van der Waals surface area contributed by atoms with Gasteiger partial charge in [-0.25, -0.2) is 19.7 Å². The number of ether oxygens (including phenoxy) is 1. The molecule has 0 atom stereocenters. The Labute approximate surface area is 176 Å². The number of nitrogens with one attached hydrogen (secondary N) is 1. The molecule has 0 aliphatic carbocycles. The van der Waals surface area contributed by atoms with Gasteiger partial charge >= 0.3 is 11.9 Å². The molecule has 0 bridgehead atoms. The molecule has 9 heteroatoms. The Morgan fingerprint density at radius 3 is 2.61 bits per heavy atom. The number of hydrogen-bond acceptors (Lipinski definition) is 7. The molecule has 0 fully saturated rings. The molecule has 4 rings (SSSR count). The molecule has 31 heavy (non-hydrogen) atoms. The van der Waals surface area contributed by atoms with Crippen molar-refractivity contribution in [2.45, 2.75) is 13.0 Å². The van der Waals surface area contributed by atoms with Crippen molar-refractivity contribution in [3.8, 4) is 5.88 Å². The van der Waals surface area contributed by atoms with Crippen molar-refractivity contribution in [1.29, 1.82) is 0 Å². The Balaban J connectivity index is 1.45. The van der Waals surface area contributed by atoms with E-state index in [0.29, 0.717) is 17.8 Å². The smallest absolute Gasteiger partial charge is 0.335 e. The van der Waals surface area contributed by atoms with Crippen LogP contribution in [0.25, 0.3) is 11.2 Å². The van der Waals surface area contributed by atoms with Crippen LogP contribution < -0.4 is 10.1 Å². The minimum atomic E-state index is -0.967. The molecular formula is C22H18N4O5. The van der Waals surface area contributed by atoms with Crippen LogP contribution in [0.2, 0.25) is 0 Å². The summed E-state index contributed by atoms with van der Waals surface area (Å²) in [7, 11) is 1.52. The third-order valence-corrected chi connectivity index (χ3v) is 4.57. The number of hydrogen-bond donors (Lipinski definition) is 2. The van der Waals surface area contributed by atoms with Gasteiger partial charge in [-0.15, -0.1) is 0 Å². The predicted molar refractivity (Wildman–Crippen MR) is 110 cm³/mol. The highest BCUT2D eigenvalue weighted by atomic mass is 16.5. The van der Waals surface area contributed by atoms with E-state index in [1.165, 1.54) is 7.11 Å². The number of benzene rings is 1. The van der Waals surface area contributed by atoms with E-state index in [0.717, 1.165) is 16.7 Å². The summed E-state index contributed by atoms with van der Waals surface area (Å²) in [5, 5.41) is 11.7. The highest BCUT2D eigenvalue weighted by Gasteiger charge is 2.15. The molecule has 0 saturated heterocycles. The number of carbonyl (C=O) groups excluding carboxylic acids is 1. The lowest BCUT2D eigenvalue weighted by Crippen LogP contribution is -2.23. The van der Waals surface area contributed by atoms with Crippen molar-refractivity contribution in [1.82, 2.24) is 20.3 Å². The summed E-state index contributed by atoms with van der Waals surface area (Å²) in [6.45, 7) is 0.265. The first-order valence-corrected chi connectivity index (χ1v) is 9.36. The van der Waals surface area contributed by atoms with E-state index in [9.17, 15) is 9.59 Å². The monoisotopic (exact) mass is 418 g/mol. The second-order valence-corrected chi connectivity index (χ2v) is 6.75. The number of pyridine rings is 2. The highest BCUT2D eigenvalue weighted by Crippen LogP contribution is 2.18. The van der Waals surface area contributed by atoms with Gasteiger partial charge in [-0.05, 0) is 47.4 Å². The Morgan fingerprint density at radius 2 is 1.87 bits per heavy atom. The van der Waals surface area contributed by atoms with E-state index in [1.54, 1.807) is 54.9 Å². The third kappa shape index (κ3) is 4.67. The summed E-state index contributed by atoms with van der Waals surface area (Å²) in [5.41, 5.74) is 3.58. The molecule has 0 saturated carbocycles. The number of aromatic nitrogens is 3. The third-order valence-electron chi connectivity index (χ3n) is 4.57. The van der Waals surface area contributed by atoms with Crippen molar-refractivity contribution >= 4 is 23.1 Å². The van der Waals surface area contributed by atoms with Gasteiger partial charge in [0.05, 0.1) is 12.7 Å². The normalized spacial score (nSPS) is 10.7. The minimum absolute atomic E-state index is 0.0773. The molecule has 1 amide bonds. The Kier molecular flexibility index (Phi) is 5.57. The Bertz CT molecular complexity index is 1250. The van der Waals surface area contributed by atoms with E-state index < -0.39 is 11.9 Å². The summed E-state index contributed by atoms with van der Waals surface area (Å²) in [6.07, 6.45) is 3.78. The number of amides is 1. The average molecular weight is 418 g/mol. The first-order valence-electron chi connectivity index (χ1n) is 9.36. The zero-order chi connectivity index (χ0) is 21.8. The van der Waals surface area contributed by atoms with Crippen molar-refractivity contribution in [2.75, 3.05) is 7.11 Å². The fourth-order valence-corrected chi connectivity index (χ4v) is 2.99. The topological polar surface area (TPSA) is 127 Å². The molecule has 2 N–H and O–H groups in total. The van der Waals surface area contributed by atoms with E-state index in [2.05, 4.69) is 20.3 Å². The number of methoxy groups -OCH3 is 1. The highest BCUT2D eigenvalue weighted by molar-refractivity contribution is 5.91. The number of aromatic carboxylic acids is 1. The van der Waals surface area contributed by atoms with Gasteiger partial charge in [0.1, 0.15) is 5.52 Å². The van der Waals surface area contributed by atoms with Gasteiger partial charge in [0.2, 0.25) is 11.6 Å². The number of nitrogens with zero attached hydrogens (tertiary/aromatic N) is 3. The lowest BCUT2D eigenvalue weighted by atomic mass is 10.0. The van der Waals surface area contributed by atoms with Gasteiger partial charge in [0.25, 0.3) is 5.89 Å². The van der Waals surface area contributed by atoms with Gasteiger partial charge in [-0.3, -0.25) is 4.79 Å². The van der Waals surface area contributed by atoms with Crippen LogP contribution in [0.3, 0.4) is 0 Å². The number of carboxylic acid groups (broad SMARTS) is 1. The van der Waals surface area contributed by atoms with Crippen LogP contribution in [0.4, 0.5) is 0 Å². The quantitative estimate of drug-likeness (QED) is 0.469. The fraction of sp³-hybridized carbons (Fsp3) is 0.136. The van der Waals surface area contributed by atoms with Gasteiger partial charge in [-0.2, -0.15) is 0 Å². The molecule has 3 aromatic heterocycles. The molecule has 4 aromatic rings. The first kappa shape index (κ1) is 20.0. The molecule has 3 heterocycles. The van der Waals surface area contributed by atoms with Gasteiger partial charge in [0.15, 0.2) is 0 Å². The summed E-state index contributed by atoms with van der Waals surface area (Å²) >= 11 is 0. The molecule has 156 valence electrons.